The summed E-state index contributed by atoms with van der Waals surface area (Å²) in [6.45, 7) is -0.275. The maximum atomic E-state index is 13.2. The van der Waals surface area contributed by atoms with E-state index >= 15 is 0 Å². The van der Waals surface area contributed by atoms with Crippen molar-refractivity contribution < 1.29 is 53.8 Å². The zero-order valence-corrected chi connectivity index (χ0v) is 20.9. The van der Waals surface area contributed by atoms with Crippen molar-refractivity contribution >= 4 is 21.6 Å². The van der Waals surface area contributed by atoms with Gasteiger partial charge in [0.05, 0.1) is 25.3 Å². The van der Waals surface area contributed by atoms with Gasteiger partial charge in [-0.25, -0.2) is 13.6 Å². The number of rotatable bonds is 8. The molecule has 0 fully saturated rings. The summed E-state index contributed by atoms with van der Waals surface area (Å²) in [6.07, 6.45) is -10.3. The van der Waals surface area contributed by atoms with Crippen molar-refractivity contribution in [1.82, 2.24) is 0 Å². The zero-order valence-electron chi connectivity index (χ0n) is 20.1. The highest BCUT2D eigenvalue weighted by atomic mass is 32.2. The topological polar surface area (TPSA) is 117 Å². The molecule has 210 valence electrons. The molecule has 0 aromatic heterocycles. The highest BCUT2D eigenvalue weighted by molar-refractivity contribution is 7.89. The normalized spacial score (nSPS) is 12.1. The number of amides is 1. The number of nitrogens with one attached hydrogen (secondary N) is 1. The number of halogens is 6. The number of methoxy groups -OCH3 is 2. The average Bonchev–Trinajstić information content (AvgIpc) is 2.85. The minimum absolute atomic E-state index is 0.115. The molecule has 0 aliphatic rings. The van der Waals surface area contributed by atoms with Gasteiger partial charge in [-0.3, -0.25) is 4.79 Å². The van der Waals surface area contributed by atoms with E-state index in [0.29, 0.717) is 17.1 Å². The first-order chi connectivity index (χ1) is 18.0. The Morgan fingerprint density at radius 2 is 1.46 bits per heavy atom. The van der Waals surface area contributed by atoms with E-state index in [0.717, 1.165) is 18.2 Å². The molecule has 0 unspecified atom stereocenters. The van der Waals surface area contributed by atoms with Gasteiger partial charge < -0.3 is 19.5 Å². The van der Waals surface area contributed by atoms with Crippen LogP contribution in [-0.4, -0.2) is 28.5 Å². The van der Waals surface area contributed by atoms with Crippen LogP contribution in [0.3, 0.4) is 0 Å². The predicted molar refractivity (Wildman–Crippen MR) is 126 cm³/mol. The first-order valence-electron chi connectivity index (χ1n) is 10.6. The number of alkyl halides is 6. The number of primary sulfonamides is 1. The third kappa shape index (κ3) is 7.32. The number of hydrogen-bond donors (Lipinski definition) is 2. The molecule has 0 saturated heterocycles. The van der Waals surface area contributed by atoms with Crippen molar-refractivity contribution in [2.75, 3.05) is 19.5 Å². The standard InChI is InChI=1S/C24H20F6N2O6S/c1-36-18-4-5-19(37-2)14(9-18)12-38-20-11-17(3-6-21(20)39(31,34)35)32-22(33)13-7-15(23(25,26)27)10-16(8-13)24(28,29)30/h3-11H,12H2,1-2H3,(H,32,33)(H2,31,34,35). The molecule has 0 bridgehead atoms. The van der Waals surface area contributed by atoms with Crippen molar-refractivity contribution in [3.63, 3.8) is 0 Å². The van der Waals surface area contributed by atoms with Crippen molar-refractivity contribution in [2.24, 2.45) is 5.14 Å². The van der Waals surface area contributed by atoms with E-state index in [1.165, 1.54) is 14.2 Å². The van der Waals surface area contributed by atoms with Gasteiger partial charge in [-0.2, -0.15) is 26.3 Å². The SMILES string of the molecule is COc1ccc(OC)c(COc2cc(NC(=O)c3cc(C(F)(F)F)cc(C(F)(F)F)c3)ccc2S(N)(=O)=O)c1. The van der Waals surface area contributed by atoms with E-state index in [1.54, 1.807) is 18.2 Å². The summed E-state index contributed by atoms with van der Waals surface area (Å²) in [5, 5.41) is 7.37. The summed E-state index contributed by atoms with van der Waals surface area (Å²) in [4.78, 5) is 12.1. The fourth-order valence-corrected chi connectivity index (χ4v) is 4.03. The fraction of sp³-hybridized carbons (Fsp3) is 0.208. The van der Waals surface area contributed by atoms with Gasteiger partial charge in [0.25, 0.3) is 5.91 Å². The van der Waals surface area contributed by atoms with Crippen molar-refractivity contribution in [3.8, 4) is 17.2 Å². The molecule has 1 amide bonds. The molecule has 3 rings (SSSR count). The molecule has 39 heavy (non-hydrogen) atoms. The third-order valence-corrected chi connectivity index (χ3v) is 6.18. The van der Waals surface area contributed by atoms with Crippen LogP contribution in [0, 0.1) is 0 Å². The molecular formula is C24H20F6N2O6S. The minimum atomic E-state index is -5.16. The van der Waals surface area contributed by atoms with Crippen LogP contribution in [0.2, 0.25) is 0 Å². The fourth-order valence-electron chi connectivity index (χ4n) is 3.37. The lowest BCUT2D eigenvalue weighted by atomic mass is 10.0. The average molecular weight is 578 g/mol. The monoisotopic (exact) mass is 578 g/mol. The quantitative estimate of drug-likeness (QED) is 0.354. The second kappa shape index (κ2) is 11.0. The summed E-state index contributed by atoms with van der Waals surface area (Å²) in [7, 11) is -1.55. The summed E-state index contributed by atoms with van der Waals surface area (Å²) in [5.74, 6) is -0.889. The first-order valence-corrected chi connectivity index (χ1v) is 12.2. The molecular weight excluding hydrogens is 558 g/mol. The highest BCUT2D eigenvalue weighted by Gasteiger charge is 2.37. The molecule has 0 spiro atoms. The van der Waals surface area contributed by atoms with Gasteiger partial charge in [0.15, 0.2) is 0 Å². The number of sulfonamides is 1. The van der Waals surface area contributed by atoms with Crippen molar-refractivity contribution in [3.05, 3.63) is 76.9 Å². The van der Waals surface area contributed by atoms with Crippen LogP contribution in [0.15, 0.2) is 59.5 Å². The van der Waals surface area contributed by atoms with Gasteiger partial charge in [0, 0.05) is 22.9 Å². The molecule has 0 aliphatic carbocycles. The van der Waals surface area contributed by atoms with Crippen LogP contribution >= 0.6 is 0 Å². The Kier molecular flexibility index (Phi) is 8.36. The van der Waals surface area contributed by atoms with E-state index in [4.69, 9.17) is 19.3 Å². The van der Waals surface area contributed by atoms with Gasteiger partial charge >= 0.3 is 12.4 Å². The molecule has 3 N–H and O–H groups in total. The summed E-state index contributed by atoms with van der Waals surface area (Å²) in [6, 6.07) is 8.12. The number of ether oxygens (including phenoxy) is 3. The van der Waals surface area contributed by atoms with Crippen molar-refractivity contribution in [2.45, 2.75) is 23.9 Å². The summed E-state index contributed by atoms with van der Waals surface area (Å²) in [5.41, 5.74) is -4.07. The number of carbonyl (C=O) groups excluding carboxylic acids is 1. The van der Waals surface area contributed by atoms with Gasteiger partial charge in [-0.15, -0.1) is 0 Å². The van der Waals surface area contributed by atoms with Crippen LogP contribution in [0.4, 0.5) is 32.0 Å². The van der Waals surface area contributed by atoms with Gasteiger partial charge in [0.1, 0.15) is 28.8 Å². The Labute approximate surface area is 218 Å². The van der Waals surface area contributed by atoms with Gasteiger partial charge in [0.2, 0.25) is 10.0 Å². The van der Waals surface area contributed by atoms with E-state index in [2.05, 4.69) is 5.32 Å². The maximum absolute atomic E-state index is 13.2. The van der Waals surface area contributed by atoms with Crippen LogP contribution in [0.1, 0.15) is 27.0 Å². The molecule has 3 aromatic rings. The molecule has 8 nitrogen and oxygen atoms in total. The molecule has 15 heteroatoms. The molecule has 3 aromatic carbocycles. The first kappa shape index (κ1) is 29.6. The second-order valence-electron chi connectivity index (χ2n) is 7.92. The Hall–Kier alpha value is -3.98. The molecule has 0 saturated carbocycles. The Morgan fingerprint density at radius 3 is 1.97 bits per heavy atom. The number of benzene rings is 3. The number of hydrogen-bond acceptors (Lipinski definition) is 6. The van der Waals surface area contributed by atoms with Crippen molar-refractivity contribution in [1.29, 1.82) is 0 Å². The minimum Gasteiger partial charge on any atom is -0.497 e. The van der Waals surface area contributed by atoms with Crippen LogP contribution in [0.5, 0.6) is 17.2 Å². The van der Waals surface area contributed by atoms with E-state index in [9.17, 15) is 39.6 Å². The number of carbonyl (C=O) groups is 1. The summed E-state index contributed by atoms with van der Waals surface area (Å²) < 4.78 is 119. The molecule has 0 radical (unpaired) electrons. The second-order valence-corrected chi connectivity index (χ2v) is 9.45. The number of nitrogens with two attached hydrogens (primary N) is 1. The van der Waals surface area contributed by atoms with Gasteiger partial charge in [-0.05, 0) is 48.5 Å². The van der Waals surface area contributed by atoms with E-state index in [-0.39, 0.29) is 36.2 Å². The smallest absolute Gasteiger partial charge is 0.416 e. The zero-order chi connectivity index (χ0) is 29.2. The lowest BCUT2D eigenvalue weighted by Gasteiger charge is -2.16. The highest BCUT2D eigenvalue weighted by Crippen LogP contribution is 2.37. The summed E-state index contributed by atoms with van der Waals surface area (Å²) >= 11 is 0. The van der Waals surface area contributed by atoms with Crippen LogP contribution in [0.25, 0.3) is 0 Å². The van der Waals surface area contributed by atoms with Crippen LogP contribution < -0.4 is 24.7 Å². The van der Waals surface area contributed by atoms with E-state index in [1.807, 2.05) is 0 Å². The predicted octanol–water partition coefficient (Wildman–Crippen LogP) is 5.22. The van der Waals surface area contributed by atoms with Crippen LogP contribution in [-0.2, 0) is 29.0 Å². The third-order valence-electron chi connectivity index (χ3n) is 5.23. The van der Waals surface area contributed by atoms with E-state index < -0.39 is 49.9 Å². The Morgan fingerprint density at radius 1 is 0.846 bits per heavy atom. The largest absolute Gasteiger partial charge is 0.497 e. The maximum Gasteiger partial charge on any atom is 0.416 e. The Balaban J connectivity index is 1.97. The number of anilines is 1. The molecule has 0 aliphatic heterocycles. The lowest BCUT2D eigenvalue weighted by molar-refractivity contribution is -0.143. The molecule has 0 atom stereocenters. The lowest BCUT2D eigenvalue weighted by Crippen LogP contribution is -2.18. The molecule has 0 heterocycles. The van der Waals surface area contributed by atoms with Gasteiger partial charge in [-0.1, -0.05) is 0 Å². The Bertz CT molecular complexity index is 1460.